The van der Waals surface area contributed by atoms with Gasteiger partial charge in [-0.3, -0.25) is 4.79 Å². The summed E-state index contributed by atoms with van der Waals surface area (Å²) in [5.41, 5.74) is 0.902. The third-order valence-electron chi connectivity index (χ3n) is 3.02. The van der Waals surface area contributed by atoms with Crippen LogP contribution in [0.1, 0.15) is 25.8 Å². The Kier molecular flexibility index (Phi) is 6.80. The predicted octanol–water partition coefficient (Wildman–Crippen LogP) is 3.59. The molecule has 1 rings (SSSR count). The van der Waals surface area contributed by atoms with Crippen molar-refractivity contribution in [2.75, 3.05) is 14.1 Å². The lowest BCUT2D eigenvalue weighted by Crippen LogP contribution is -2.44. The van der Waals surface area contributed by atoms with Crippen LogP contribution in [0, 0.1) is 5.92 Å². The molecule has 0 aliphatic heterocycles. The van der Waals surface area contributed by atoms with Gasteiger partial charge < -0.3 is 10.2 Å². The van der Waals surface area contributed by atoms with Crippen LogP contribution in [0.5, 0.6) is 0 Å². The second-order valence-electron chi connectivity index (χ2n) is 5.51. The van der Waals surface area contributed by atoms with Crippen LogP contribution in [0.3, 0.4) is 0 Å². The van der Waals surface area contributed by atoms with E-state index < -0.39 is 0 Å². The van der Waals surface area contributed by atoms with Gasteiger partial charge in [0, 0.05) is 20.6 Å². The average molecular weight is 317 g/mol. The molecule has 0 heterocycles. The molecule has 1 N–H and O–H groups in total. The monoisotopic (exact) mass is 316 g/mol. The quantitative estimate of drug-likeness (QED) is 0.870. The number of halogens is 2. The number of benzene rings is 1. The van der Waals surface area contributed by atoms with Crippen LogP contribution in [0.4, 0.5) is 0 Å². The van der Waals surface area contributed by atoms with Gasteiger partial charge in [-0.15, -0.1) is 0 Å². The van der Waals surface area contributed by atoms with E-state index in [9.17, 15) is 4.79 Å². The van der Waals surface area contributed by atoms with Gasteiger partial charge in [0.05, 0.1) is 16.1 Å². The summed E-state index contributed by atoms with van der Waals surface area (Å²) in [6.45, 7) is 4.73. The number of hydrogen-bond donors (Lipinski definition) is 1. The molecule has 1 unspecified atom stereocenters. The van der Waals surface area contributed by atoms with Gasteiger partial charge in [0.15, 0.2) is 0 Å². The standard InChI is InChI=1S/C15H22Cl2N2O/c1-10(2)8-13(15(20)19(3)4)18-9-11-6-5-7-12(16)14(11)17/h5-7,10,13,18H,8-9H2,1-4H3. The third kappa shape index (κ3) is 4.97. The van der Waals surface area contributed by atoms with E-state index in [2.05, 4.69) is 19.2 Å². The summed E-state index contributed by atoms with van der Waals surface area (Å²) in [5.74, 6) is 0.517. The lowest BCUT2D eigenvalue weighted by molar-refractivity contribution is -0.131. The fourth-order valence-corrected chi connectivity index (χ4v) is 2.36. The van der Waals surface area contributed by atoms with E-state index in [1.807, 2.05) is 12.1 Å². The molecule has 3 nitrogen and oxygen atoms in total. The van der Waals surface area contributed by atoms with E-state index in [1.165, 1.54) is 0 Å². The molecular formula is C15H22Cl2N2O. The highest BCUT2D eigenvalue weighted by atomic mass is 35.5. The van der Waals surface area contributed by atoms with E-state index >= 15 is 0 Å². The predicted molar refractivity (Wildman–Crippen MR) is 85.2 cm³/mol. The van der Waals surface area contributed by atoms with Crippen LogP contribution < -0.4 is 5.32 Å². The maximum absolute atomic E-state index is 12.2. The highest BCUT2D eigenvalue weighted by molar-refractivity contribution is 6.42. The molecule has 0 bridgehead atoms. The van der Waals surface area contributed by atoms with Crippen LogP contribution in [0.15, 0.2) is 18.2 Å². The lowest BCUT2D eigenvalue weighted by atomic mass is 10.0. The Hall–Kier alpha value is -0.770. The van der Waals surface area contributed by atoms with E-state index in [4.69, 9.17) is 23.2 Å². The van der Waals surface area contributed by atoms with Crippen molar-refractivity contribution in [2.45, 2.75) is 32.9 Å². The second kappa shape index (κ2) is 7.87. The second-order valence-corrected chi connectivity index (χ2v) is 6.29. The molecule has 0 saturated heterocycles. The van der Waals surface area contributed by atoms with Crippen molar-refractivity contribution in [1.29, 1.82) is 0 Å². The van der Waals surface area contributed by atoms with Crippen LogP contribution in [-0.2, 0) is 11.3 Å². The third-order valence-corrected chi connectivity index (χ3v) is 3.87. The largest absolute Gasteiger partial charge is 0.347 e. The molecule has 0 aliphatic rings. The number of rotatable bonds is 6. The van der Waals surface area contributed by atoms with E-state index in [1.54, 1.807) is 25.1 Å². The van der Waals surface area contributed by atoms with Crippen molar-refractivity contribution in [3.63, 3.8) is 0 Å². The van der Waals surface area contributed by atoms with Crippen molar-refractivity contribution in [2.24, 2.45) is 5.92 Å². The Morgan fingerprint density at radius 2 is 1.95 bits per heavy atom. The molecule has 5 heteroatoms. The molecule has 1 atom stereocenters. The molecule has 0 saturated carbocycles. The van der Waals surface area contributed by atoms with Gasteiger partial charge in [0.1, 0.15) is 0 Å². The van der Waals surface area contributed by atoms with Crippen LogP contribution in [0.2, 0.25) is 10.0 Å². The number of amides is 1. The maximum Gasteiger partial charge on any atom is 0.239 e. The van der Waals surface area contributed by atoms with Crippen LogP contribution in [0.25, 0.3) is 0 Å². The van der Waals surface area contributed by atoms with E-state index in [-0.39, 0.29) is 11.9 Å². The Morgan fingerprint density at radius 3 is 2.50 bits per heavy atom. The fraction of sp³-hybridized carbons (Fsp3) is 0.533. The molecule has 0 aromatic heterocycles. The Balaban J connectivity index is 2.75. The molecule has 1 aromatic rings. The van der Waals surface area contributed by atoms with Crippen LogP contribution >= 0.6 is 23.2 Å². The first-order chi connectivity index (χ1) is 9.32. The molecule has 0 spiro atoms. The summed E-state index contributed by atoms with van der Waals surface area (Å²) in [5, 5.41) is 4.36. The molecule has 0 radical (unpaired) electrons. The zero-order valence-electron chi connectivity index (χ0n) is 12.4. The number of carbonyl (C=O) groups is 1. The summed E-state index contributed by atoms with van der Waals surface area (Å²) in [7, 11) is 3.54. The summed E-state index contributed by atoms with van der Waals surface area (Å²) in [4.78, 5) is 13.8. The van der Waals surface area contributed by atoms with Crippen LogP contribution in [-0.4, -0.2) is 30.9 Å². The highest BCUT2D eigenvalue weighted by Gasteiger charge is 2.21. The first-order valence-corrected chi connectivity index (χ1v) is 7.46. The van der Waals surface area contributed by atoms with Crippen molar-refractivity contribution in [3.8, 4) is 0 Å². The smallest absolute Gasteiger partial charge is 0.239 e. The van der Waals surface area contributed by atoms with Gasteiger partial charge in [-0.2, -0.15) is 0 Å². The summed E-state index contributed by atoms with van der Waals surface area (Å²) in [6, 6.07) is 5.31. The van der Waals surface area contributed by atoms with Gasteiger partial charge in [0.2, 0.25) is 5.91 Å². The van der Waals surface area contributed by atoms with E-state index in [0.717, 1.165) is 12.0 Å². The SMILES string of the molecule is CC(C)CC(NCc1cccc(Cl)c1Cl)C(=O)N(C)C. The fourth-order valence-electron chi connectivity index (χ4n) is 1.97. The Morgan fingerprint density at radius 1 is 1.30 bits per heavy atom. The normalized spacial score (nSPS) is 12.6. The zero-order chi connectivity index (χ0) is 15.3. The van der Waals surface area contributed by atoms with Gasteiger partial charge in [0.25, 0.3) is 0 Å². The number of hydrogen-bond acceptors (Lipinski definition) is 2. The molecule has 112 valence electrons. The minimum atomic E-state index is -0.208. The molecule has 1 aromatic carbocycles. The molecule has 20 heavy (non-hydrogen) atoms. The highest BCUT2D eigenvalue weighted by Crippen LogP contribution is 2.25. The van der Waals surface area contributed by atoms with Gasteiger partial charge >= 0.3 is 0 Å². The lowest BCUT2D eigenvalue weighted by Gasteiger charge is -2.23. The van der Waals surface area contributed by atoms with Crippen molar-refractivity contribution in [3.05, 3.63) is 33.8 Å². The molecule has 0 aliphatic carbocycles. The Labute approximate surface area is 131 Å². The van der Waals surface area contributed by atoms with Crippen molar-refractivity contribution < 1.29 is 4.79 Å². The number of nitrogens with zero attached hydrogens (tertiary/aromatic N) is 1. The van der Waals surface area contributed by atoms with Gasteiger partial charge in [-0.05, 0) is 24.0 Å². The Bertz CT molecular complexity index is 461. The van der Waals surface area contributed by atoms with Gasteiger partial charge in [-0.25, -0.2) is 0 Å². The first-order valence-electron chi connectivity index (χ1n) is 6.70. The summed E-state index contributed by atoms with van der Waals surface area (Å²) in [6.07, 6.45) is 0.787. The van der Waals surface area contributed by atoms with Crippen molar-refractivity contribution >= 4 is 29.1 Å². The molecule has 0 fully saturated rings. The maximum atomic E-state index is 12.2. The van der Waals surface area contributed by atoms with Crippen molar-refractivity contribution in [1.82, 2.24) is 10.2 Å². The number of likely N-dealkylation sites (N-methyl/N-ethyl adjacent to an activating group) is 1. The summed E-state index contributed by atoms with van der Waals surface area (Å²) >= 11 is 12.1. The number of carbonyl (C=O) groups excluding carboxylic acids is 1. The van der Waals surface area contributed by atoms with E-state index in [0.29, 0.717) is 22.5 Å². The minimum absolute atomic E-state index is 0.0804. The zero-order valence-corrected chi connectivity index (χ0v) is 13.9. The minimum Gasteiger partial charge on any atom is -0.347 e. The summed E-state index contributed by atoms with van der Waals surface area (Å²) < 4.78 is 0. The molecule has 1 amide bonds. The number of nitrogens with one attached hydrogen (secondary N) is 1. The average Bonchev–Trinajstić information content (AvgIpc) is 2.37. The first kappa shape index (κ1) is 17.3. The molecular weight excluding hydrogens is 295 g/mol. The van der Waals surface area contributed by atoms with Gasteiger partial charge in [-0.1, -0.05) is 49.2 Å². The topological polar surface area (TPSA) is 32.3 Å².